The van der Waals surface area contributed by atoms with Gasteiger partial charge in [0.1, 0.15) is 5.82 Å². The lowest BCUT2D eigenvalue weighted by molar-refractivity contribution is -0.131. The number of nitrogens with zero attached hydrogens (tertiary/aromatic N) is 2. The fraction of sp³-hybridized carbons (Fsp3) is 0.300. The molecule has 0 aliphatic carbocycles. The molecule has 7 heteroatoms. The van der Waals surface area contributed by atoms with Crippen molar-refractivity contribution >= 4 is 22.5 Å². The number of rotatable bonds is 6. The molecule has 1 unspecified atom stereocenters. The molecule has 4 aromatic rings. The van der Waals surface area contributed by atoms with E-state index in [0.717, 1.165) is 34.2 Å². The van der Waals surface area contributed by atoms with Crippen molar-refractivity contribution < 1.29 is 18.7 Å². The van der Waals surface area contributed by atoms with Gasteiger partial charge in [-0.05, 0) is 47.4 Å². The minimum Gasteiger partial charge on any atom is -0.454 e. The summed E-state index contributed by atoms with van der Waals surface area (Å²) in [5.41, 5.74) is 5.09. The lowest BCUT2D eigenvalue weighted by Gasteiger charge is -2.36. The minimum atomic E-state index is -0.226. The molecule has 1 saturated heterocycles. The number of halogens is 1. The summed E-state index contributed by atoms with van der Waals surface area (Å²) in [7, 11) is 0. The highest BCUT2D eigenvalue weighted by atomic mass is 19.1. The van der Waals surface area contributed by atoms with Crippen LogP contribution in [0.15, 0.2) is 66.9 Å². The Kier molecular flexibility index (Phi) is 6.20. The Hall–Kier alpha value is -4.00. The van der Waals surface area contributed by atoms with Gasteiger partial charge in [-0.2, -0.15) is 0 Å². The summed E-state index contributed by atoms with van der Waals surface area (Å²) in [5.74, 6) is 1.16. The fourth-order valence-corrected chi connectivity index (χ4v) is 5.57. The van der Waals surface area contributed by atoms with E-state index < -0.39 is 0 Å². The summed E-state index contributed by atoms with van der Waals surface area (Å²) < 4.78 is 25.5. The van der Waals surface area contributed by atoms with E-state index in [4.69, 9.17) is 9.47 Å². The Labute approximate surface area is 215 Å². The molecule has 3 aromatic carbocycles. The molecule has 1 aromatic heterocycles. The van der Waals surface area contributed by atoms with Gasteiger partial charge < -0.3 is 24.3 Å². The van der Waals surface area contributed by atoms with Crippen molar-refractivity contribution in [1.29, 1.82) is 0 Å². The van der Waals surface area contributed by atoms with Crippen molar-refractivity contribution in [2.75, 3.05) is 37.9 Å². The summed E-state index contributed by atoms with van der Waals surface area (Å²) in [5, 5.41) is 1.14. The molecule has 1 atom stereocenters. The van der Waals surface area contributed by atoms with E-state index in [9.17, 15) is 9.18 Å². The van der Waals surface area contributed by atoms with Gasteiger partial charge in [-0.25, -0.2) is 4.39 Å². The van der Waals surface area contributed by atoms with Crippen LogP contribution in [-0.2, 0) is 11.2 Å². The maximum Gasteiger partial charge on any atom is 0.231 e. The average molecular weight is 500 g/mol. The second-order valence-corrected chi connectivity index (χ2v) is 9.63. The van der Waals surface area contributed by atoms with Gasteiger partial charge in [-0.1, -0.05) is 43.3 Å². The first-order chi connectivity index (χ1) is 18.1. The zero-order valence-corrected chi connectivity index (χ0v) is 20.9. The molecule has 2 aliphatic rings. The molecule has 1 fully saturated rings. The molecule has 6 rings (SSSR count). The van der Waals surface area contributed by atoms with Crippen LogP contribution in [0.3, 0.4) is 0 Å². The Morgan fingerprint density at radius 2 is 1.81 bits per heavy atom. The predicted octanol–water partition coefficient (Wildman–Crippen LogP) is 5.47. The molecule has 190 valence electrons. The average Bonchev–Trinajstić information content (AvgIpc) is 3.59. The van der Waals surface area contributed by atoms with Gasteiger partial charge in [-0.15, -0.1) is 0 Å². The van der Waals surface area contributed by atoms with Gasteiger partial charge in [0.25, 0.3) is 0 Å². The maximum absolute atomic E-state index is 14.3. The SMILES string of the molecule is CCc1cccc2c(C(CC(=O)N3CCN(c4ccccc4F)CC3)c3ccc4c(c3)OCO4)c[nH]c12. The van der Waals surface area contributed by atoms with E-state index in [2.05, 4.69) is 30.1 Å². The number of amides is 1. The normalized spacial score (nSPS) is 15.8. The third-order valence-electron chi connectivity index (χ3n) is 7.59. The van der Waals surface area contributed by atoms with Crippen LogP contribution in [0, 0.1) is 5.82 Å². The number of benzene rings is 3. The van der Waals surface area contributed by atoms with Gasteiger partial charge in [0, 0.05) is 55.6 Å². The van der Waals surface area contributed by atoms with Crippen LogP contribution in [0.25, 0.3) is 10.9 Å². The molecule has 0 radical (unpaired) electrons. The maximum atomic E-state index is 14.3. The van der Waals surface area contributed by atoms with Crippen LogP contribution in [0.1, 0.15) is 36.0 Å². The van der Waals surface area contributed by atoms with Gasteiger partial charge >= 0.3 is 0 Å². The Bertz CT molecular complexity index is 1440. The number of piperazine rings is 1. The van der Waals surface area contributed by atoms with Crippen LogP contribution in [0.4, 0.5) is 10.1 Å². The number of hydrogen-bond acceptors (Lipinski definition) is 4. The van der Waals surface area contributed by atoms with Gasteiger partial charge in [0.15, 0.2) is 11.5 Å². The van der Waals surface area contributed by atoms with Gasteiger partial charge in [0.05, 0.1) is 5.69 Å². The van der Waals surface area contributed by atoms with Crippen LogP contribution in [-0.4, -0.2) is 48.8 Å². The number of fused-ring (bicyclic) bond motifs is 2. The number of anilines is 1. The summed E-state index contributed by atoms with van der Waals surface area (Å²) in [4.78, 5) is 21.0. The van der Waals surface area contributed by atoms with Crippen LogP contribution >= 0.6 is 0 Å². The van der Waals surface area contributed by atoms with Crippen molar-refractivity contribution in [3.8, 4) is 11.5 Å². The topological polar surface area (TPSA) is 57.8 Å². The van der Waals surface area contributed by atoms with Gasteiger partial charge in [0.2, 0.25) is 12.7 Å². The predicted molar refractivity (Wildman–Crippen MR) is 142 cm³/mol. The third kappa shape index (κ3) is 4.39. The second-order valence-electron chi connectivity index (χ2n) is 9.63. The molecule has 3 heterocycles. The molecule has 2 aliphatic heterocycles. The number of aromatic amines is 1. The highest BCUT2D eigenvalue weighted by molar-refractivity contribution is 5.88. The summed E-state index contributed by atoms with van der Waals surface area (Å²) in [6.07, 6.45) is 3.31. The molecule has 0 saturated carbocycles. The first kappa shape index (κ1) is 23.4. The number of carbonyl (C=O) groups is 1. The Balaban J connectivity index is 1.27. The standard InChI is InChI=1S/C30H30FN3O3/c1-2-20-6-5-7-22-24(18-32-30(20)22)23(21-10-11-27-28(16-21)37-19-36-27)17-29(35)34-14-12-33(13-15-34)26-9-4-3-8-25(26)31/h3-11,16,18,23,32H,2,12-15,17,19H2,1H3. The summed E-state index contributed by atoms with van der Waals surface area (Å²) in [6, 6.07) is 19.1. The molecule has 0 spiro atoms. The van der Waals surface area contributed by atoms with E-state index in [1.54, 1.807) is 12.1 Å². The lowest BCUT2D eigenvalue weighted by Crippen LogP contribution is -2.49. The zero-order chi connectivity index (χ0) is 25.4. The van der Waals surface area contributed by atoms with Crippen molar-refractivity contribution in [1.82, 2.24) is 9.88 Å². The summed E-state index contributed by atoms with van der Waals surface area (Å²) in [6.45, 7) is 4.70. The van der Waals surface area contributed by atoms with Crippen LogP contribution < -0.4 is 14.4 Å². The Morgan fingerprint density at radius 3 is 2.62 bits per heavy atom. The molecule has 0 bridgehead atoms. The van der Waals surface area contributed by atoms with Crippen molar-refractivity contribution in [2.24, 2.45) is 0 Å². The van der Waals surface area contributed by atoms with Crippen LogP contribution in [0.2, 0.25) is 0 Å². The number of aromatic nitrogens is 1. The number of para-hydroxylation sites is 2. The largest absolute Gasteiger partial charge is 0.454 e. The first-order valence-corrected chi connectivity index (χ1v) is 12.9. The van der Waals surface area contributed by atoms with E-state index in [0.29, 0.717) is 44.0 Å². The smallest absolute Gasteiger partial charge is 0.231 e. The van der Waals surface area contributed by atoms with Crippen LogP contribution in [0.5, 0.6) is 11.5 Å². The fourth-order valence-electron chi connectivity index (χ4n) is 5.57. The zero-order valence-electron chi connectivity index (χ0n) is 20.9. The Morgan fingerprint density at radius 1 is 1.00 bits per heavy atom. The number of carbonyl (C=O) groups excluding carboxylic acids is 1. The molecular formula is C30H30FN3O3. The van der Waals surface area contributed by atoms with Crippen molar-refractivity contribution in [3.05, 3.63) is 89.4 Å². The number of ether oxygens (including phenoxy) is 2. The van der Waals surface area contributed by atoms with Gasteiger partial charge in [-0.3, -0.25) is 4.79 Å². The highest BCUT2D eigenvalue weighted by Crippen LogP contribution is 2.40. The van der Waals surface area contributed by atoms with E-state index in [-0.39, 0.29) is 24.4 Å². The van der Waals surface area contributed by atoms with E-state index >= 15 is 0 Å². The molecule has 1 N–H and O–H groups in total. The van der Waals surface area contributed by atoms with E-state index in [1.807, 2.05) is 40.3 Å². The molecule has 37 heavy (non-hydrogen) atoms. The number of aryl methyl sites for hydroxylation is 1. The summed E-state index contributed by atoms with van der Waals surface area (Å²) >= 11 is 0. The molecule has 1 amide bonds. The molecular weight excluding hydrogens is 469 g/mol. The third-order valence-corrected chi connectivity index (χ3v) is 7.59. The monoisotopic (exact) mass is 499 g/mol. The highest BCUT2D eigenvalue weighted by Gasteiger charge is 2.28. The second kappa shape index (κ2) is 9.81. The van der Waals surface area contributed by atoms with Crippen molar-refractivity contribution in [2.45, 2.75) is 25.7 Å². The van der Waals surface area contributed by atoms with Crippen molar-refractivity contribution in [3.63, 3.8) is 0 Å². The number of H-pyrrole nitrogens is 1. The quantitative estimate of drug-likeness (QED) is 0.382. The minimum absolute atomic E-state index is 0.0943. The first-order valence-electron chi connectivity index (χ1n) is 12.9. The number of hydrogen-bond donors (Lipinski definition) is 1. The lowest BCUT2D eigenvalue weighted by atomic mass is 9.87. The molecule has 6 nitrogen and oxygen atoms in total. The van der Waals surface area contributed by atoms with E-state index in [1.165, 1.54) is 11.6 Å². The number of nitrogens with one attached hydrogen (secondary N) is 1.